The lowest BCUT2D eigenvalue weighted by Crippen LogP contribution is -2.55. The van der Waals surface area contributed by atoms with Gasteiger partial charge in [0.05, 0.1) is 11.1 Å². The lowest BCUT2D eigenvalue weighted by Gasteiger charge is -2.31. The fraction of sp³-hybridized carbons (Fsp3) is 0.296. The largest absolute Gasteiger partial charge is 0.462 e. The molecule has 1 aromatic heterocycles. The number of rotatable bonds is 12. The van der Waals surface area contributed by atoms with Gasteiger partial charge < -0.3 is 19.5 Å². The Hall–Kier alpha value is -4.49. The lowest BCUT2D eigenvalue weighted by molar-refractivity contribution is -0.142. The van der Waals surface area contributed by atoms with Gasteiger partial charge in [0.25, 0.3) is 0 Å². The van der Waals surface area contributed by atoms with E-state index in [4.69, 9.17) is 25.8 Å². The molecule has 1 atom stereocenters. The standard InChI is InChI=1S/C27H29ClFN5O7/c1-17(35)34(32-14-21-8-5-9-23(29)25(21)28)22(15-31-26(37)40-11-10-39-18(2)36)16-41-27(38)33-24-12-19-6-3-4-7-20(19)13-30-24/h3-9,12-13,22,32H,10-11,14-16H2,1-2H3,(H,31,37)(H,30,33,38)/t22-/m0/s1. The molecule has 1 heterocycles. The van der Waals surface area contributed by atoms with E-state index < -0.39 is 35.9 Å². The van der Waals surface area contributed by atoms with Crippen LogP contribution in [0.3, 0.4) is 0 Å². The molecule has 41 heavy (non-hydrogen) atoms. The zero-order valence-corrected chi connectivity index (χ0v) is 23.1. The van der Waals surface area contributed by atoms with E-state index in [0.29, 0.717) is 5.56 Å². The predicted octanol–water partition coefficient (Wildman–Crippen LogP) is 3.79. The van der Waals surface area contributed by atoms with Crippen LogP contribution in [0.15, 0.2) is 54.7 Å². The maximum absolute atomic E-state index is 13.9. The number of carbonyl (C=O) groups excluding carboxylic acids is 4. The van der Waals surface area contributed by atoms with Gasteiger partial charge in [-0.05, 0) is 23.1 Å². The number of anilines is 1. The second-order valence-electron chi connectivity index (χ2n) is 8.59. The lowest BCUT2D eigenvalue weighted by atomic mass is 10.2. The number of ether oxygens (including phenoxy) is 3. The summed E-state index contributed by atoms with van der Waals surface area (Å²) >= 11 is 6.03. The molecule has 0 bridgehead atoms. The van der Waals surface area contributed by atoms with Gasteiger partial charge in [0.15, 0.2) is 0 Å². The van der Waals surface area contributed by atoms with Gasteiger partial charge in [-0.15, -0.1) is 0 Å². The molecule has 0 radical (unpaired) electrons. The highest BCUT2D eigenvalue weighted by molar-refractivity contribution is 6.31. The van der Waals surface area contributed by atoms with Crippen LogP contribution in [-0.4, -0.2) is 66.5 Å². The SMILES string of the molecule is CC(=O)OCCOC(=O)NC[C@@H](COC(=O)Nc1cc2ccccc2cn1)N(NCc1cccc(F)c1Cl)C(C)=O. The van der Waals surface area contributed by atoms with E-state index in [1.54, 1.807) is 18.3 Å². The third-order valence-corrected chi connectivity index (χ3v) is 5.97. The van der Waals surface area contributed by atoms with Crippen LogP contribution in [0.2, 0.25) is 5.02 Å². The number of nitrogens with one attached hydrogen (secondary N) is 3. The number of benzene rings is 2. The van der Waals surface area contributed by atoms with Crippen molar-refractivity contribution in [2.45, 2.75) is 26.4 Å². The average Bonchev–Trinajstić information content (AvgIpc) is 2.94. The summed E-state index contributed by atoms with van der Waals surface area (Å²) in [6.07, 6.45) is -0.106. The van der Waals surface area contributed by atoms with Gasteiger partial charge in [-0.3, -0.25) is 19.9 Å². The summed E-state index contributed by atoms with van der Waals surface area (Å²) in [4.78, 5) is 52.3. The van der Waals surface area contributed by atoms with E-state index in [2.05, 4.69) is 21.0 Å². The molecule has 3 rings (SSSR count). The van der Waals surface area contributed by atoms with E-state index in [1.807, 2.05) is 24.3 Å². The summed E-state index contributed by atoms with van der Waals surface area (Å²) < 4.78 is 28.9. The van der Waals surface area contributed by atoms with Gasteiger partial charge in [0.1, 0.15) is 31.5 Å². The van der Waals surface area contributed by atoms with Gasteiger partial charge >= 0.3 is 18.2 Å². The van der Waals surface area contributed by atoms with Crippen molar-refractivity contribution in [2.24, 2.45) is 0 Å². The second kappa shape index (κ2) is 15.3. The van der Waals surface area contributed by atoms with Crippen LogP contribution < -0.4 is 16.1 Å². The molecule has 14 heteroatoms. The van der Waals surface area contributed by atoms with E-state index in [9.17, 15) is 23.6 Å². The number of esters is 1. The first-order valence-corrected chi connectivity index (χ1v) is 12.8. The maximum Gasteiger partial charge on any atom is 0.412 e. The highest BCUT2D eigenvalue weighted by atomic mass is 35.5. The third-order valence-electron chi connectivity index (χ3n) is 5.55. The Morgan fingerprint density at radius 1 is 0.976 bits per heavy atom. The Bertz CT molecular complexity index is 1390. The van der Waals surface area contributed by atoms with E-state index in [0.717, 1.165) is 15.8 Å². The fourth-order valence-electron chi connectivity index (χ4n) is 3.61. The van der Waals surface area contributed by atoms with Gasteiger partial charge in [-0.2, -0.15) is 0 Å². The smallest absolute Gasteiger partial charge is 0.412 e. The van der Waals surface area contributed by atoms with Gasteiger partial charge in [-0.25, -0.2) is 24.4 Å². The maximum atomic E-state index is 13.9. The van der Waals surface area contributed by atoms with Crippen molar-refractivity contribution < 1.29 is 37.8 Å². The van der Waals surface area contributed by atoms with Crippen LogP contribution in [-0.2, 0) is 30.3 Å². The Morgan fingerprint density at radius 3 is 2.44 bits per heavy atom. The van der Waals surface area contributed by atoms with Crippen LogP contribution in [0.5, 0.6) is 0 Å². The third kappa shape index (κ3) is 9.89. The molecule has 3 amide bonds. The Labute approximate surface area is 240 Å². The van der Waals surface area contributed by atoms with Gasteiger partial charge in [0.2, 0.25) is 5.91 Å². The summed E-state index contributed by atoms with van der Waals surface area (Å²) in [5.74, 6) is -1.39. The molecule has 218 valence electrons. The Balaban J connectivity index is 1.66. The normalized spacial score (nSPS) is 11.3. The van der Waals surface area contributed by atoms with E-state index in [-0.39, 0.29) is 43.8 Å². The number of halogens is 2. The zero-order valence-electron chi connectivity index (χ0n) is 22.3. The number of alkyl carbamates (subject to hydrolysis) is 1. The summed E-state index contributed by atoms with van der Waals surface area (Å²) in [6.45, 7) is 1.52. The quantitative estimate of drug-likeness (QED) is 0.124. The van der Waals surface area contributed by atoms with Crippen LogP contribution in [0, 0.1) is 5.82 Å². The average molecular weight is 590 g/mol. The van der Waals surface area contributed by atoms with Crippen LogP contribution in [0.25, 0.3) is 10.8 Å². The molecule has 3 N–H and O–H groups in total. The summed E-state index contributed by atoms with van der Waals surface area (Å²) in [7, 11) is 0. The van der Waals surface area contributed by atoms with Crippen LogP contribution in [0.1, 0.15) is 19.4 Å². The number of fused-ring (bicyclic) bond motifs is 1. The molecule has 0 spiro atoms. The van der Waals surface area contributed by atoms with Crippen LogP contribution in [0.4, 0.5) is 19.8 Å². The van der Waals surface area contributed by atoms with Gasteiger partial charge in [-0.1, -0.05) is 48.0 Å². The molecule has 0 aliphatic heterocycles. The van der Waals surface area contributed by atoms with Crippen molar-refractivity contribution in [3.8, 4) is 0 Å². The van der Waals surface area contributed by atoms with Gasteiger partial charge in [0, 0.05) is 38.5 Å². The molecule has 0 saturated carbocycles. The monoisotopic (exact) mass is 589 g/mol. The predicted molar refractivity (Wildman–Crippen MR) is 147 cm³/mol. The minimum absolute atomic E-state index is 0.0489. The molecule has 2 aromatic carbocycles. The molecule has 0 unspecified atom stereocenters. The Kier molecular flexibility index (Phi) is 11.6. The molecule has 0 aliphatic carbocycles. The highest BCUT2D eigenvalue weighted by Crippen LogP contribution is 2.20. The van der Waals surface area contributed by atoms with E-state index in [1.165, 1.54) is 26.0 Å². The number of hydrogen-bond acceptors (Lipinski definition) is 9. The molecule has 0 fully saturated rings. The number of hydrogen-bond donors (Lipinski definition) is 3. The topological polar surface area (TPSA) is 148 Å². The number of aromatic nitrogens is 1. The van der Waals surface area contributed by atoms with Crippen LogP contribution >= 0.6 is 11.6 Å². The molecular formula is C27H29ClFN5O7. The summed E-state index contributed by atoms with van der Waals surface area (Å²) in [6, 6.07) is 12.4. The first-order valence-electron chi connectivity index (χ1n) is 12.4. The molecule has 0 saturated heterocycles. The number of carbonyl (C=O) groups is 4. The first-order chi connectivity index (χ1) is 19.6. The first kappa shape index (κ1) is 31.0. The molecule has 0 aliphatic rings. The zero-order chi connectivity index (χ0) is 29.8. The number of amides is 3. The van der Waals surface area contributed by atoms with Crippen molar-refractivity contribution >= 4 is 52.3 Å². The van der Waals surface area contributed by atoms with Crippen molar-refractivity contribution in [3.05, 3.63) is 71.1 Å². The fourth-order valence-corrected chi connectivity index (χ4v) is 3.81. The highest BCUT2D eigenvalue weighted by Gasteiger charge is 2.25. The number of hydrazine groups is 1. The molecule has 12 nitrogen and oxygen atoms in total. The second-order valence-corrected chi connectivity index (χ2v) is 8.97. The van der Waals surface area contributed by atoms with Crippen molar-refractivity contribution in [3.63, 3.8) is 0 Å². The minimum atomic E-state index is -0.934. The summed E-state index contributed by atoms with van der Waals surface area (Å²) in [5, 5.41) is 7.76. The van der Waals surface area contributed by atoms with E-state index >= 15 is 0 Å². The number of nitrogens with zero attached hydrogens (tertiary/aromatic N) is 2. The Morgan fingerprint density at radius 2 is 1.71 bits per heavy atom. The molecule has 3 aromatic rings. The minimum Gasteiger partial charge on any atom is -0.462 e. The number of pyridine rings is 1. The van der Waals surface area contributed by atoms with Crippen molar-refractivity contribution in [1.82, 2.24) is 20.7 Å². The summed E-state index contributed by atoms with van der Waals surface area (Å²) in [5.41, 5.74) is 3.22. The molecular weight excluding hydrogens is 561 g/mol. The van der Waals surface area contributed by atoms with Crippen molar-refractivity contribution in [1.29, 1.82) is 0 Å². The van der Waals surface area contributed by atoms with Crippen molar-refractivity contribution in [2.75, 3.05) is 31.7 Å².